The molecule has 1 saturated heterocycles. The smallest absolute Gasteiger partial charge is 0.408 e. The van der Waals surface area contributed by atoms with Crippen LogP contribution in [0.4, 0.5) is 4.79 Å². The maximum atomic E-state index is 12.9. The molecular formula is C24H43N3O4. The van der Waals surface area contributed by atoms with Crippen LogP contribution < -0.4 is 10.6 Å². The molecule has 178 valence electrons. The average Bonchev–Trinajstić information content (AvgIpc) is 2.89. The number of piperidine rings is 1. The van der Waals surface area contributed by atoms with Crippen molar-refractivity contribution in [3.63, 3.8) is 0 Å². The van der Waals surface area contributed by atoms with E-state index < -0.39 is 22.6 Å². The van der Waals surface area contributed by atoms with Crippen LogP contribution in [0.15, 0.2) is 0 Å². The Morgan fingerprint density at radius 3 is 1.97 bits per heavy atom. The van der Waals surface area contributed by atoms with Crippen LogP contribution in [-0.4, -0.2) is 53.6 Å². The summed E-state index contributed by atoms with van der Waals surface area (Å²) in [7, 11) is 0. The first-order valence-corrected chi connectivity index (χ1v) is 11.9. The van der Waals surface area contributed by atoms with Gasteiger partial charge in [-0.15, -0.1) is 0 Å². The minimum atomic E-state index is -0.558. The highest BCUT2D eigenvalue weighted by molar-refractivity contribution is 5.82. The molecule has 31 heavy (non-hydrogen) atoms. The van der Waals surface area contributed by atoms with Gasteiger partial charge in [-0.05, 0) is 46.5 Å². The summed E-state index contributed by atoms with van der Waals surface area (Å²) in [6, 6.07) is 0. The summed E-state index contributed by atoms with van der Waals surface area (Å²) in [6.45, 7) is 13.0. The SMILES string of the molecule is CC(C)(C)OC(=O)NC1(CNC(=O)C2CCN(C(=O)C(C)(C)C)CC2)CCCCCC1. The predicted octanol–water partition coefficient (Wildman–Crippen LogP) is 4.01. The Hall–Kier alpha value is -1.79. The van der Waals surface area contributed by atoms with E-state index in [4.69, 9.17) is 4.74 Å². The second-order valence-electron chi connectivity index (χ2n) is 11.4. The molecule has 0 aromatic carbocycles. The first-order chi connectivity index (χ1) is 14.3. The predicted molar refractivity (Wildman–Crippen MR) is 122 cm³/mol. The van der Waals surface area contributed by atoms with Crippen molar-refractivity contribution in [1.29, 1.82) is 0 Å². The molecule has 0 spiro atoms. The van der Waals surface area contributed by atoms with Crippen molar-refractivity contribution in [1.82, 2.24) is 15.5 Å². The largest absolute Gasteiger partial charge is 0.444 e. The van der Waals surface area contributed by atoms with E-state index in [0.29, 0.717) is 32.5 Å². The van der Waals surface area contributed by atoms with Crippen molar-refractivity contribution in [3.8, 4) is 0 Å². The molecule has 1 aliphatic carbocycles. The molecule has 7 nitrogen and oxygen atoms in total. The molecule has 0 aromatic heterocycles. The summed E-state index contributed by atoms with van der Waals surface area (Å²) in [6.07, 6.45) is 6.96. The van der Waals surface area contributed by atoms with Gasteiger partial charge in [-0.2, -0.15) is 0 Å². The summed E-state index contributed by atoms with van der Waals surface area (Å²) in [5.41, 5.74) is -1.41. The third-order valence-corrected chi connectivity index (χ3v) is 6.22. The highest BCUT2D eigenvalue weighted by Gasteiger charge is 2.36. The summed E-state index contributed by atoms with van der Waals surface area (Å²) >= 11 is 0. The first kappa shape index (κ1) is 25.5. The quantitative estimate of drug-likeness (QED) is 0.651. The number of hydrogen-bond donors (Lipinski definition) is 2. The van der Waals surface area contributed by atoms with Crippen LogP contribution in [0, 0.1) is 11.3 Å². The molecule has 0 unspecified atom stereocenters. The molecule has 1 heterocycles. The highest BCUT2D eigenvalue weighted by atomic mass is 16.6. The molecular weight excluding hydrogens is 394 g/mol. The summed E-state index contributed by atoms with van der Waals surface area (Å²) in [5.74, 6) is 0.0798. The maximum absolute atomic E-state index is 12.9. The molecule has 2 rings (SSSR count). The molecule has 2 fully saturated rings. The molecule has 0 radical (unpaired) electrons. The lowest BCUT2D eigenvalue weighted by Crippen LogP contribution is -2.57. The minimum absolute atomic E-state index is 0.0254. The fourth-order valence-corrected chi connectivity index (χ4v) is 4.49. The molecule has 2 N–H and O–H groups in total. The Bertz CT molecular complexity index is 632. The number of rotatable bonds is 4. The van der Waals surface area contributed by atoms with Gasteiger partial charge in [-0.1, -0.05) is 46.5 Å². The third-order valence-electron chi connectivity index (χ3n) is 6.22. The van der Waals surface area contributed by atoms with Gasteiger partial charge in [0.05, 0.1) is 5.54 Å². The summed E-state index contributed by atoms with van der Waals surface area (Å²) < 4.78 is 5.49. The maximum Gasteiger partial charge on any atom is 0.408 e. The van der Waals surface area contributed by atoms with Gasteiger partial charge in [0.2, 0.25) is 11.8 Å². The number of likely N-dealkylation sites (tertiary alicyclic amines) is 1. The first-order valence-electron chi connectivity index (χ1n) is 11.9. The van der Waals surface area contributed by atoms with E-state index in [9.17, 15) is 14.4 Å². The van der Waals surface area contributed by atoms with Crippen LogP contribution in [0.3, 0.4) is 0 Å². The minimum Gasteiger partial charge on any atom is -0.444 e. The zero-order valence-corrected chi connectivity index (χ0v) is 20.4. The van der Waals surface area contributed by atoms with Crippen LogP contribution in [-0.2, 0) is 14.3 Å². The Kier molecular flexibility index (Phi) is 8.40. The van der Waals surface area contributed by atoms with Crippen LogP contribution in [0.5, 0.6) is 0 Å². The van der Waals surface area contributed by atoms with E-state index in [-0.39, 0.29) is 17.7 Å². The third kappa shape index (κ3) is 8.00. The van der Waals surface area contributed by atoms with Gasteiger partial charge in [0.15, 0.2) is 0 Å². The van der Waals surface area contributed by atoms with Crippen molar-refractivity contribution in [3.05, 3.63) is 0 Å². The fraction of sp³-hybridized carbons (Fsp3) is 0.875. The second-order valence-corrected chi connectivity index (χ2v) is 11.4. The van der Waals surface area contributed by atoms with Crippen molar-refractivity contribution in [2.45, 2.75) is 104 Å². The topological polar surface area (TPSA) is 87.7 Å². The van der Waals surface area contributed by atoms with Gasteiger partial charge in [-0.25, -0.2) is 4.79 Å². The molecule has 1 aliphatic heterocycles. The van der Waals surface area contributed by atoms with E-state index in [2.05, 4.69) is 10.6 Å². The van der Waals surface area contributed by atoms with Gasteiger partial charge < -0.3 is 20.3 Å². The van der Waals surface area contributed by atoms with Crippen LogP contribution >= 0.6 is 0 Å². The number of carbonyl (C=O) groups excluding carboxylic acids is 3. The Balaban J connectivity index is 1.93. The van der Waals surface area contributed by atoms with E-state index >= 15 is 0 Å². The van der Waals surface area contributed by atoms with Crippen LogP contribution in [0.2, 0.25) is 0 Å². The van der Waals surface area contributed by atoms with Crippen molar-refractivity contribution >= 4 is 17.9 Å². The van der Waals surface area contributed by atoms with Gasteiger partial charge in [0.25, 0.3) is 0 Å². The molecule has 3 amide bonds. The molecule has 0 bridgehead atoms. The number of hydrogen-bond acceptors (Lipinski definition) is 4. The van der Waals surface area contributed by atoms with Crippen molar-refractivity contribution in [2.75, 3.05) is 19.6 Å². The summed E-state index contributed by atoms with van der Waals surface area (Å²) in [4.78, 5) is 39.7. The lowest BCUT2D eigenvalue weighted by atomic mass is 9.88. The van der Waals surface area contributed by atoms with Crippen LogP contribution in [0.1, 0.15) is 92.9 Å². The molecule has 0 aromatic rings. The van der Waals surface area contributed by atoms with E-state index in [1.54, 1.807) is 0 Å². The number of amides is 3. The molecule has 7 heteroatoms. The van der Waals surface area contributed by atoms with Crippen LogP contribution in [0.25, 0.3) is 0 Å². The monoisotopic (exact) mass is 437 g/mol. The van der Waals surface area contributed by atoms with Gasteiger partial charge >= 0.3 is 6.09 Å². The number of alkyl carbamates (subject to hydrolysis) is 1. The van der Waals surface area contributed by atoms with Gasteiger partial charge in [0, 0.05) is 31.0 Å². The lowest BCUT2D eigenvalue weighted by molar-refractivity contribution is -0.142. The molecule has 2 aliphatic rings. The van der Waals surface area contributed by atoms with E-state index in [1.807, 2.05) is 46.4 Å². The highest BCUT2D eigenvalue weighted by Crippen LogP contribution is 2.28. The Morgan fingerprint density at radius 1 is 0.935 bits per heavy atom. The number of nitrogens with one attached hydrogen (secondary N) is 2. The molecule has 0 atom stereocenters. The zero-order chi connectivity index (χ0) is 23.3. The summed E-state index contributed by atoms with van der Waals surface area (Å²) in [5, 5.41) is 6.22. The molecule has 1 saturated carbocycles. The fourth-order valence-electron chi connectivity index (χ4n) is 4.49. The van der Waals surface area contributed by atoms with Gasteiger partial charge in [0.1, 0.15) is 5.60 Å². The number of ether oxygens (including phenoxy) is 1. The van der Waals surface area contributed by atoms with Crippen molar-refractivity contribution < 1.29 is 19.1 Å². The Morgan fingerprint density at radius 2 is 1.48 bits per heavy atom. The number of carbonyl (C=O) groups is 3. The normalized spacial score (nSPS) is 20.5. The van der Waals surface area contributed by atoms with Crippen molar-refractivity contribution in [2.24, 2.45) is 11.3 Å². The Labute approximate surface area is 188 Å². The average molecular weight is 438 g/mol. The standard InChI is InChI=1S/C24H43N3O4/c1-22(2,3)20(29)27-15-11-18(12-16-27)19(28)25-17-24(13-9-7-8-10-14-24)26-21(30)31-23(4,5)6/h18H,7-17H2,1-6H3,(H,25,28)(H,26,30). The lowest BCUT2D eigenvalue weighted by Gasteiger charge is -2.37. The van der Waals surface area contributed by atoms with Gasteiger partial charge in [-0.3, -0.25) is 9.59 Å². The van der Waals surface area contributed by atoms with E-state index in [1.165, 1.54) is 0 Å². The zero-order valence-electron chi connectivity index (χ0n) is 20.4. The van der Waals surface area contributed by atoms with E-state index in [0.717, 1.165) is 38.5 Å². The number of nitrogens with zero attached hydrogens (tertiary/aromatic N) is 1. The second kappa shape index (κ2) is 10.2.